The van der Waals surface area contributed by atoms with Crippen LogP contribution in [0.15, 0.2) is 11.6 Å². The first kappa shape index (κ1) is 11.8. The molecule has 3 rings (SSSR count). The molecule has 4 nitrogen and oxygen atoms in total. The summed E-state index contributed by atoms with van der Waals surface area (Å²) in [5, 5.41) is 9.29. The van der Waals surface area contributed by atoms with Crippen LogP contribution < -0.4 is 0 Å². The highest BCUT2D eigenvalue weighted by Gasteiger charge is 2.61. The average molecular weight is 250 g/mol. The number of rotatable bonds is 1. The molecule has 0 aromatic heterocycles. The Morgan fingerprint density at radius 1 is 1.50 bits per heavy atom. The third kappa shape index (κ3) is 1.44. The molecule has 18 heavy (non-hydrogen) atoms. The molecule has 0 radical (unpaired) electrons. The van der Waals surface area contributed by atoms with Gasteiger partial charge in [0.1, 0.15) is 0 Å². The van der Waals surface area contributed by atoms with E-state index in [2.05, 4.69) is 13.8 Å². The Labute approximate surface area is 106 Å². The smallest absolute Gasteiger partial charge is 0.331 e. The van der Waals surface area contributed by atoms with Gasteiger partial charge in [0.25, 0.3) is 0 Å². The summed E-state index contributed by atoms with van der Waals surface area (Å²) in [6.45, 7) is 4.64. The lowest BCUT2D eigenvalue weighted by atomic mass is 9.67. The summed E-state index contributed by atoms with van der Waals surface area (Å²) in [7, 11) is 0. The van der Waals surface area contributed by atoms with Gasteiger partial charge in [0.15, 0.2) is 0 Å². The number of carbonyl (C=O) groups is 2. The van der Waals surface area contributed by atoms with E-state index in [0.29, 0.717) is 12.0 Å². The van der Waals surface area contributed by atoms with Crippen molar-refractivity contribution in [2.45, 2.75) is 33.1 Å². The number of ether oxygens (including phenoxy) is 1. The molecule has 0 unspecified atom stereocenters. The molecule has 1 saturated heterocycles. The van der Waals surface area contributed by atoms with Crippen LogP contribution >= 0.6 is 0 Å². The number of carboxylic acid groups (broad SMARTS) is 1. The van der Waals surface area contributed by atoms with E-state index < -0.39 is 5.97 Å². The molecule has 3 atom stereocenters. The molecular formula is C14H18O4. The Morgan fingerprint density at radius 3 is 2.89 bits per heavy atom. The van der Waals surface area contributed by atoms with Crippen LogP contribution in [0.1, 0.15) is 33.1 Å². The maximum Gasteiger partial charge on any atom is 0.331 e. The van der Waals surface area contributed by atoms with Crippen LogP contribution in [-0.4, -0.2) is 23.7 Å². The topological polar surface area (TPSA) is 63.6 Å². The number of esters is 1. The summed E-state index contributed by atoms with van der Waals surface area (Å²) in [6.07, 6.45) is 4.15. The first-order chi connectivity index (χ1) is 8.34. The largest absolute Gasteiger partial charge is 0.478 e. The van der Waals surface area contributed by atoms with E-state index in [0.717, 1.165) is 12.8 Å². The molecule has 2 aliphatic carbocycles. The highest BCUT2D eigenvalue weighted by Crippen LogP contribution is 2.65. The van der Waals surface area contributed by atoms with E-state index in [-0.39, 0.29) is 35.2 Å². The molecule has 3 aliphatic rings. The molecule has 0 aromatic rings. The molecule has 1 heterocycles. The van der Waals surface area contributed by atoms with Gasteiger partial charge in [-0.3, -0.25) is 4.79 Å². The van der Waals surface area contributed by atoms with Crippen molar-refractivity contribution in [3.8, 4) is 0 Å². The Kier molecular flexibility index (Phi) is 2.20. The highest BCUT2D eigenvalue weighted by atomic mass is 16.5. The molecular weight excluding hydrogens is 232 g/mol. The van der Waals surface area contributed by atoms with Crippen LogP contribution in [0.2, 0.25) is 0 Å². The first-order valence-corrected chi connectivity index (χ1v) is 6.45. The fourth-order valence-electron chi connectivity index (χ4n) is 4.43. The first-order valence-electron chi connectivity index (χ1n) is 6.45. The summed E-state index contributed by atoms with van der Waals surface area (Å²) in [6, 6.07) is 0. The minimum absolute atomic E-state index is 0.112. The van der Waals surface area contributed by atoms with E-state index >= 15 is 0 Å². The predicted molar refractivity (Wildman–Crippen MR) is 63.7 cm³/mol. The van der Waals surface area contributed by atoms with Gasteiger partial charge in [-0.2, -0.15) is 0 Å². The van der Waals surface area contributed by atoms with Crippen molar-refractivity contribution in [1.29, 1.82) is 0 Å². The van der Waals surface area contributed by atoms with Crippen molar-refractivity contribution in [3.63, 3.8) is 0 Å². The van der Waals surface area contributed by atoms with E-state index in [1.807, 2.05) is 6.08 Å². The number of carboxylic acids is 1. The molecule has 98 valence electrons. The zero-order valence-electron chi connectivity index (χ0n) is 10.7. The van der Waals surface area contributed by atoms with Crippen LogP contribution in [0.5, 0.6) is 0 Å². The molecule has 1 saturated carbocycles. The van der Waals surface area contributed by atoms with Gasteiger partial charge >= 0.3 is 11.9 Å². The molecule has 0 aromatic carbocycles. The van der Waals surface area contributed by atoms with Crippen molar-refractivity contribution in [2.24, 2.45) is 22.7 Å². The SMILES string of the molecule is CC1(C)C[C@H]2C=C(C(=O)O)[C@@H]3COC(=O)C[C@]23C1. The fraction of sp³-hybridized carbons (Fsp3) is 0.714. The second kappa shape index (κ2) is 3.37. The molecule has 2 fully saturated rings. The molecule has 0 amide bonds. The quantitative estimate of drug-likeness (QED) is 0.723. The molecule has 1 spiro atoms. The number of cyclic esters (lactones) is 1. The lowest BCUT2D eigenvalue weighted by Gasteiger charge is -2.40. The second-order valence-corrected chi connectivity index (χ2v) is 6.72. The van der Waals surface area contributed by atoms with Gasteiger partial charge in [-0.1, -0.05) is 19.9 Å². The lowest BCUT2D eigenvalue weighted by Crippen LogP contribution is -2.42. The summed E-state index contributed by atoms with van der Waals surface area (Å²) < 4.78 is 5.10. The number of hydrogen-bond donors (Lipinski definition) is 1. The third-order valence-corrected chi connectivity index (χ3v) is 4.90. The van der Waals surface area contributed by atoms with Gasteiger partial charge in [-0.25, -0.2) is 4.79 Å². The third-order valence-electron chi connectivity index (χ3n) is 4.90. The number of carbonyl (C=O) groups excluding carboxylic acids is 1. The fourth-order valence-corrected chi connectivity index (χ4v) is 4.43. The summed E-state index contributed by atoms with van der Waals surface area (Å²) >= 11 is 0. The van der Waals surface area contributed by atoms with Crippen LogP contribution in [0.3, 0.4) is 0 Å². The van der Waals surface area contributed by atoms with Crippen molar-refractivity contribution >= 4 is 11.9 Å². The number of allylic oxidation sites excluding steroid dienone is 1. The Morgan fingerprint density at radius 2 is 2.22 bits per heavy atom. The second-order valence-electron chi connectivity index (χ2n) is 6.72. The molecule has 4 heteroatoms. The van der Waals surface area contributed by atoms with Gasteiger partial charge in [-0.05, 0) is 29.6 Å². The van der Waals surface area contributed by atoms with Gasteiger partial charge in [0.05, 0.1) is 13.0 Å². The summed E-state index contributed by atoms with van der Waals surface area (Å²) in [5.41, 5.74) is 0.455. The Bertz CT molecular complexity index is 462. The summed E-state index contributed by atoms with van der Waals surface area (Å²) in [4.78, 5) is 23.0. The van der Waals surface area contributed by atoms with Crippen molar-refractivity contribution in [1.82, 2.24) is 0 Å². The van der Waals surface area contributed by atoms with Crippen LogP contribution in [0.25, 0.3) is 0 Å². The minimum Gasteiger partial charge on any atom is -0.478 e. The van der Waals surface area contributed by atoms with Crippen molar-refractivity contribution < 1.29 is 19.4 Å². The predicted octanol–water partition coefficient (Wildman–Crippen LogP) is 2.00. The normalized spacial score (nSPS) is 40.8. The van der Waals surface area contributed by atoms with Crippen molar-refractivity contribution in [2.75, 3.05) is 6.61 Å². The maximum atomic E-state index is 11.6. The molecule has 1 N–H and O–H groups in total. The van der Waals surface area contributed by atoms with E-state index in [4.69, 9.17) is 4.74 Å². The Balaban J connectivity index is 2.04. The number of aliphatic carboxylic acids is 1. The lowest BCUT2D eigenvalue weighted by molar-refractivity contribution is -0.159. The molecule has 1 aliphatic heterocycles. The zero-order valence-corrected chi connectivity index (χ0v) is 10.7. The minimum atomic E-state index is -0.857. The molecule has 0 bridgehead atoms. The monoisotopic (exact) mass is 250 g/mol. The van der Waals surface area contributed by atoms with Crippen LogP contribution in [-0.2, 0) is 14.3 Å². The van der Waals surface area contributed by atoms with E-state index in [1.54, 1.807) is 0 Å². The highest BCUT2D eigenvalue weighted by molar-refractivity contribution is 5.89. The van der Waals surface area contributed by atoms with Gasteiger partial charge in [0, 0.05) is 11.5 Å². The summed E-state index contributed by atoms with van der Waals surface area (Å²) in [5.74, 6) is -0.922. The van der Waals surface area contributed by atoms with Crippen molar-refractivity contribution in [3.05, 3.63) is 11.6 Å². The Hall–Kier alpha value is -1.32. The van der Waals surface area contributed by atoms with Gasteiger partial charge in [-0.15, -0.1) is 0 Å². The number of hydrogen-bond acceptors (Lipinski definition) is 3. The van der Waals surface area contributed by atoms with E-state index in [1.165, 1.54) is 0 Å². The standard InChI is InChI=1S/C14H18O4/c1-13(2)4-8-3-9(12(16)17)10-6-18-11(15)5-14(8,10)7-13/h3,8,10H,4-7H2,1-2H3,(H,16,17)/t8-,10+,14+/m1/s1. The average Bonchev–Trinajstić information content (AvgIpc) is 2.62. The van der Waals surface area contributed by atoms with Gasteiger partial charge < -0.3 is 9.84 Å². The zero-order chi connectivity index (χ0) is 13.1. The maximum absolute atomic E-state index is 11.6. The van der Waals surface area contributed by atoms with Gasteiger partial charge in [0.2, 0.25) is 0 Å². The van der Waals surface area contributed by atoms with Crippen LogP contribution in [0, 0.1) is 22.7 Å². The van der Waals surface area contributed by atoms with Crippen LogP contribution in [0.4, 0.5) is 0 Å². The van der Waals surface area contributed by atoms with E-state index in [9.17, 15) is 14.7 Å².